The second-order valence-electron chi connectivity index (χ2n) is 6.98. The van der Waals surface area contributed by atoms with Crippen molar-refractivity contribution < 1.29 is 52.5 Å². The van der Waals surface area contributed by atoms with E-state index in [0.717, 1.165) is 34.6 Å². The summed E-state index contributed by atoms with van der Waals surface area (Å²) in [7, 11) is 0. The number of esters is 5. The zero-order valence-electron chi connectivity index (χ0n) is 19.4. The lowest BCUT2D eigenvalue weighted by Gasteiger charge is -2.34. The molecule has 0 aliphatic carbocycles. The Morgan fingerprint density at radius 2 is 1.18 bits per heavy atom. The van der Waals surface area contributed by atoms with E-state index in [4.69, 9.17) is 23.7 Å². The predicted molar refractivity (Wildman–Crippen MR) is 114 cm³/mol. The van der Waals surface area contributed by atoms with Gasteiger partial charge in [-0.1, -0.05) is 18.2 Å². The first-order valence-corrected chi connectivity index (χ1v) is 10.1. The summed E-state index contributed by atoms with van der Waals surface area (Å²) in [6.07, 6.45) is -6.84. The Kier molecular flexibility index (Phi) is 11.2. The van der Waals surface area contributed by atoms with E-state index in [0.29, 0.717) is 5.69 Å². The van der Waals surface area contributed by atoms with Crippen molar-refractivity contribution in [1.82, 2.24) is 0 Å². The van der Waals surface area contributed by atoms with Gasteiger partial charge in [0.15, 0.2) is 18.3 Å². The lowest BCUT2D eigenvalue weighted by molar-refractivity contribution is -0.202. The summed E-state index contributed by atoms with van der Waals surface area (Å²) >= 11 is 0. The molecular weight excluding hydrogens is 454 g/mol. The van der Waals surface area contributed by atoms with E-state index in [2.05, 4.69) is 5.32 Å². The molecule has 1 aromatic carbocycles. The third kappa shape index (κ3) is 10.1. The molecule has 0 fully saturated rings. The summed E-state index contributed by atoms with van der Waals surface area (Å²) in [5.41, 5.74) is 0.326. The van der Waals surface area contributed by atoms with Gasteiger partial charge in [0.25, 0.3) is 5.91 Å². The first-order valence-electron chi connectivity index (χ1n) is 10.1. The van der Waals surface area contributed by atoms with Crippen LogP contribution in [0.3, 0.4) is 0 Å². The van der Waals surface area contributed by atoms with Crippen LogP contribution in [-0.2, 0) is 52.5 Å². The highest BCUT2D eigenvalue weighted by Gasteiger charge is 2.47. The molecule has 1 N–H and O–H groups in total. The van der Waals surface area contributed by atoms with Gasteiger partial charge < -0.3 is 29.0 Å². The van der Waals surface area contributed by atoms with Crippen molar-refractivity contribution in [1.29, 1.82) is 0 Å². The maximum Gasteiger partial charge on any atom is 0.303 e. The molecule has 34 heavy (non-hydrogen) atoms. The van der Waals surface area contributed by atoms with Gasteiger partial charge in [-0.25, -0.2) is 0 Å². The summed E-state index contributed by atoms with van der Waals surface area (Å²) < 4.78 is 25.6. The first-order chi connectivity index (χ1) is 15.9. The molecule has 0 bridgehead atoms. The Hall–Kier alpha value is -3.96. The summed E-state index contributed by atoms with van der Waals surface area (Å²) in [5.74, 6) is -5.29. The minimum absolute atomic E-state index is 0.326. The SMILES string of the molecule is CC(=O)OCC(OC(C)=O)C(OC(C)=O)C(OC(C)=O)C(OC(C)=O)C(=O)Nc1ccccc1. The molecule has 0 aliphatic rings. The standard InChI is InChI=1S/C22H27NO11/c1-12(24)30-11-18(31-13(2)25)19(32-14(3)26)20(33-15(4)27)21(34-16(5)28)22(29)23-17-9-7-6-8-10-17/h6-10,18-21H,11H2,1-5H3,(H,23,29). The summed E-state index contributed by atoms with van der Waals surface area (Å²) in [4.78, 5) is 71.6. The van der Waals surface area contributed by atoms with E-state index in [1.54, 1.807) is 30.3 Å². The van der Waals surface area contributed by atoms with Crippen molar-refractivity contribution >= 4 is 41.4 Å². The van der Waals surface area contributed by atoms with Crippen LogP contribution in [0.2, 0.25) is 0 Å². The number of hydrogen-bond donors (Lipinski definition) is 1. The average Bonchev–Trinajstić information content (AvgIpc) is 2.72. The van der Waals surface area contributed by atoms with Gasteiger partial charge in [-0.05, 0) is 12.1 Å². The highest BCUT2D eigenvalue weighted by Crippen LogP contribution is 2.21. The number of benzene rings is 1. The maximum absolute atomic E-state index is 13.1. The van der Waals surface area contributed by atoms with Crippen molar-refractivity contribution in [2.45, 2.75) is 59.0 Å². The number of rotatable bonds is 11. The second kappa shape index (κ2) is 13.6. The zero-order chi connectivity index (χ0) is 25.8. The van der Waals surface area contributed by atoms with E-state index in [9.17, 15) is 28.8 Å². The van der Waals surface area contributed by atoms with Crippen LogP contribution in [0.15, 0.2) is 30.3 Å². The van der Waals surface area contributed by atoms with Crippen LogP contribution in [0.5, 0.6) is 0 Å². The minimum Gasteiger partial charge on any atom is -0.462 e. The number of para-hydroxylation sites is 1. The molecule has 0 saturated carbocycles. The predicted octanol–water partition coefficient (Wildman–Crippen LogP) is 0.915. The molecule has 0 spiro atoms. The molecule has 12 heteroatoms. The number of carbonyl (C=O) groups is 6. The Bertz CT molecular complexity index is 899. The van der Waals surface area contributed by atoms with Crippen LogP contribution < -0.4 is 5.32 Å². The van der Waals surface area contributed by atoms with Crippen LogP contribution in [0, 0.1) is 0 Å². The highest BCUT2D eigenvalue weighted by molar-refractivity contribution is 5.96. The van der Waals surface area contributed by atoms with E-state index in [1.165, 1.54) is 0 Å². The van der Waals surface area contributed by atoms with Crippen molar-refractivity contribution in [3.8, 4) is 0 Å². The van der Waals surface area contributed by atoms with E-state index < -0.39 is 66.8 Å². The third-order valence-corrected chi connectivity index (χ3v) is 3.95. The maximum atomic E-state index is 13.1. The van der Waals surface area contributed by atoms with Gasteiger partial charge in [0.05, 0.1) is 0 Å². The topological polar surface area (TPSA) is 161 Å². The number of carbonyl (C=O) groups excluding carboxylic acids is 6. The van der Waals surface area contributed by atoms with E-state index in [-0.39, 0.29) is 0 Å². The fourth-order valence-electron chi connectivity index (χ4n) is 2.83. The number of anilines is 1. The Labute approximate surface area is 195 Å². The van der Waals surface area contributed by atoms with Crippen molar-refractivity contribution in [3.05, 3.63) is 30.3 Å². The van der Waals surface area contributed by atoms with Gasteiger partial charge in [-0.2, -0.15) is 0 Å². The second-order valence-corrected chi connectivity index (χ2v) is 6.98. The minimum atomic E-state index is -1.85. The van der Waals surface area contributed by atoms with Crippen LogP contribution >= 0.6 is 0 Å². The number of amides is 1. The van der Waals surface area contributed by atoms with Crippen LogP contribution in [0.1, 0.15) is 34.6 Å². The fraction of sp³-hybridized carbons (Fsp3) is 0.455. The number of hydrogen-bond acceptors (Lipinski definition) is 11. The first kappa shape index (κ1) is 28.1. The summed E-state index contributed by atoms with van der Waals surface area (Å²) in [6, 6.07) is 8.08. The van der Waals surface area contributed by atoms with Crippen LogP contribution in [-0.4, -0.2) is 66.8 Å². The van der Waals surface area contributed by atoms with Gasteiger partial charge in [0.2, 0.25) is 6.10 Å². The molecule has 0 aliphatic heterocycles. The van der Waals surface area contributed by atoms with Crippen LogP contribution in [0.25, 0.3) is 0 Å². The van der Waals surface area contributed by atoms with Crippen LogP contribution in [0.4, 0.5) is 5.69 Å². The molecule has 1 aromatic rings. The molecule has 0 heterocycles. The lowest BCUT2D eigenvalue weighted by Crippen LogP contribution is -2.56. The Balaban J connectivity index is 3.50. The van der Waals surface area contributed by atoms with Gasteiger partial charge in [-0.3, -0.25) is 28.8 Å². The molecule has 4 unspecified atom stereocenters. The van der Waals surface area contributed by atoms with Crippen molar-refractivity contribution in [2.75, 3.05) is 11.9 Å². The smallest absolute Gasteiger partial charge is 0.303 e. The monoisotopic (exact) mass is 481 g/mol. The summed E-state index contributed by atoms with van der Waals surface area (Å²) in [5, 5.41) is 2.50. The highest BCUT2D eigenvalue weighted by atomic mass is 16.6. The largest absolute Gasteiger partial charge is 0.462 e. The van der Waals surface area contributed by atoms with Gasteiger partial charge >= 0.3 is 29.8 Å². The molecule has 0 saturated heterocycles. The number of nitrogens with one attached hydrogen (secondary N) is 1. The molecule has 0 radical (unpaired) electrons. The molecule has 12 nitrogen and oxygen atoms in total. The molecule has 1 amide bonds. The van der Waals surface area contributed by atoms with Crippen molar-refractivity contribution in [3.63, 3.8) is 0 Å². The normalized spacial score (nSPS) is 13.8. The third-order valence-electron chi connectivity index (χ3n) is 3.95. The van der Waals surface area contributed by atoms with Gasteiger partial charge in [0.1, 0.15) is 6.61 Å². The van der Waals surface area contributed by atoms with E-state index >= 15 is 0 Å². The molecule has 1 rings (SSSR count). The lowest BCUT2D eigenvalue weighted by atomic mass is 10.0. The average molecular weight is 481 g/mol. The van der Waals surface area contributed by atoms with Gasteiger partial charge in [0, 0.05) is 40.3 Å². The Morgan fingerprint density at radius 1 is 0.676 bits per heavy atom. The summed E-state index contributed by atoms with van der Waals surface area (Å²) in [6.45, 7) is 4.54. The molecular formula is C22H27NO11. The quantitative estimate of drug-likeness (QED) is 0.353. The molecule has 186 valence electrons. The van der Waals surface area contributed by atoms with E-state index in [1.807, 2.05) is 0 Å². The Morgan fingerprint density at radius 3 is 1.65 bits per heavy atom. The zero-order valence-corrected chi connectivity index (χ0v) is 19.4. The van der Waals surface area contributed by atoms with Gasteiger partial charge in [-0.15, -0.1) is 0 Å². The molecule has 0 aromatic heterocycles. The number of ether oxygens (including phenoxy) is 5. The fourth-order valence-corrected chi connectivity index (χ4v) is 2.83. The molecule has 4 atom stereocenters. The van der Waals surface area contributed by atoms with Crippen molar-refractivity contribution in [2.24, 2.45) is 0 Å².